The molecule has 1 fully saturated rings. The molecule has 2 aromatic rings. The number of hydrogen-bond donors (Lipinski definition) is 1. The maximum Gasteiger partial charge on any atom is 0.340 e. The largest absolute Gasteiger partial charge is 0.462 e. The van der Waals surface area contributed by atoms with E-state index >= 15 is 0 Å². The predicted octanol–water partition coefficient (Wildman–Crippen LogP) is 4.55. The van der Waals surface area contributed by atoms with Gasteiger partial charge in [-0.3, -0.25) is 4.79 Å². The first-order valence-electron chi connectivity index (χ1n) is 10.3. The number of halogens is 2. The number of ether oxygens (including phenoxy) is 2. The van der Waals surface area contributed by atoms with Gasteiger partial charge in [-0.05, 0) is 57.8 Å². The van der Waals surface area contributed by atoms with Crippen LogP contribution in [0.5, 0.6) is 0 Å². The van der Waals surface area contributed by atoms with Crippen LogP contribution in [0.1, 0.15) is 43.0 Å². The lowest BCUT2D eigenvalue weighted by Gasteiger charge is -2.31. The normalized spacial score (nSPS) is 16.0. The summed E-state index contributed by atoms with van der Waals surface area (Å²) in [5, 5.41) is 0.887. The van der Waals surface area contributed by atoms with Crippen LogP contribution in [0.15, 0.2) is 30.5 Å². The fourth-order valence-electron chi connectivity index (χ4n) is 3.61. The average Bonchev–Trinajstić information content (AvgIpc) is 3.15. The minimum Gasteiger partial charge on any atom is -0.462 e. The zero-order valence-corrected chi connectivity index (χ0v) is 18.7. The second-order valence-corrected chi connectivity index (χ2v) is 9.83. The zero-order chi connectivity index (χ0) is 21.6. The number of likely N-dealkylation sites (tertiary alicyclic amines) is 1. The number of benzene rings is 1. The highest BCUT2D eigenvalue weighted by Gasteiger charge is 2.22. The van der Waals surface area contributed by atoms with Gasteiger partial charge in [0.15, 0.2) is 0 Å². The Bertz CT molecular complexity index is 854. The Hall–Kier alpha value is -1.76. The van der Waals surface area contributed by atoms with Crippen LogP contribution in [0, 0.1) is 5.92 Å². The number of esters is 2. The maximum absolute atomic E-state index is 12.4. The molecule has 0 atom stereocenters. The molecule has 164 valence electrons. The number of hydrogen-bond acceptors (Lipinski definition) is 5. The van der Waals surface area contributed by atoms with E-state index < -0.39 is 4.33 Å². The quantitative estimate of drug-likeness (QED) is 0.444. The van der Waals surface area contributed by atoms with E-state index in [-0.39, 0.29) is 18.5 Å². The van der Waals surface area contributed by atoms with Crippen molar-refractivity contribution in [2.24, 2.45) is 5.92 Å². The molecule has 1 aliphatic heterocycles. The summed E-state index contributed by atoms with van der Waals surface area (Å²) in [6.07, 6.45) is 4.75. The molecule has 3 rings (SSSR count). The number of carbonyl (C=O) groups excluding carboxylic acids is 2. The topological polar surface area (TPSA) is 71.6 Å². The van der Waals surface area contributed by atoms with E-state index in [1.807, 2.05) is 24.3 Å². The highest BCUT2D eigenvalue weighted by Crippen LogP contribution is 2.22. The predicted molar refractivity (Wildman–Crippen MR) is 118 cm³/mol. The lowest BCUT2D eigenvalue weighted by atomic mass is 9.97. The van der Waals surface area contributed by atoms with Gasteiger partial charge in [-0.25, -0.2) is 4.79 Å². The number of aromatic amines is 1. The van der Waals surface area contributed by atoms with E-state index in [0.29, 0.717) is 24.5 Å². The van der Waals surface area contributed by atoms with Crippen LogP contribution in [-0.2, 0) is 14.3 Å². The number of carbonyl (C=O) groups is 2. The lowest BCUT2D eigenvalue weighted by molar-refractivity contribution is -0.144. The molecule has 0 spiro atoms. The van der Waals surface area contributed by atoms with Gasteiger partial charge in [0, 0.05) is 23.5 Å². The molecule has 30 heavy (non-hydrogen) atoms. The van der Waals surface area contributed by atoms with Crippen LogP contribution in [0.2, 0.25) is 0 Å². The molecule has 0 aliphatic carbocycles. The van der Waals surface area contributed by atoms with E-state index in [1.165, 1.54) is 0 Å². The van der Waals surface area contributed by atoms with Crippen molar-refractivity contribution in [3.8, 4) is 0 Å². The van der Waals surface area contributed by atoms with Gasteiger partial charge in [0.1, 0.15) is 10.9 Å². The summed E-state index contributed by atoms with van der Waals surface area (Å²) in [7, 11) is 0. The number of fused-ring (bicyclic) bond motifs is 1. The van der Waals surface area contributed by atoms with Crippen LogP contribution < -0.4 is 0 Å². The third-order valence-corrected chi connectivity index (χ3v) is 5.53. The fourth-order valence-corrected chi connectivity index (χ4v) is 3.72. The summed E-state index contributed by atoms with van der Waals surface area (Å²) in [6.45, 7) is 4.74. The van der Waals surface area contributed by atoms with E-state index in [4.69, 9.17) is 32.7 Å². The second-order valence-electron chi connectivity index (χ2n) is 7.97. The number of nitrogens with one attached hydrogen (secondary N) is 1. The number of H-pyrrole nitrogens is 1. The Kier molecular flexibility index (Phi) is 8.03. The zero-order valence-electron chi connectivity index (χ0n) is 17.2. The van der Waals surface area contributed by atoms with Gasteiger partial charge < -0.3 is 19.4 Å². The molecule has 0 bridgehead atoms. The summed E-state index contributed by atoms with van der Waals surface area (Å²) < 4.78 is 9.58. The third-order valence-electron chi connectivity index (χ3n) is 5.31. The molecular formula is C22H28Cl2N2O4. The average molecular weight is 455 g/mol. The summed E-state index contributed by atoms with van der Waals surface area (Å²) in [5.74, 6) is -0.189. The molecule has 1 aromatic heterocycles. The van der Waals surface area contributed by atoms with Crippen LogP contribution in [0.4, 0.5) is 0 Å². The molecule has 0 saturated carbocycles. The SMILES string of the molecule is CC(Cl)(Cl)COC(=O)CCCN1CCC(COC(=O)c2c[nH]c3ccccc23)CC1. The van der Waals surface area contributed by atoms with Crippen molar-refractivity contribution < 1.29 is 19.1 Å². The Morgan fingerprint density at radius 2 is 1.93 bits per heavy atom. The molecule has 2 heterocycles. The molecule has 6 nitrogen and oxygen atoms in total. The second kappa shape index (κ2) is 10.5. The van der Waals surface area contributed by atoms with Crippen molar-refractivity contribution >= 4 is 46.0 Å². The smallest absolute Gasteiger partial charge is 0.340 e. The fraction of sp³-hybridized carbons (Fsp3) is 0.545. The minimum atomic E-state index is -1.05. The third kappa shape index (κ3) is 6.89. The molecule has 1 aromatic carbocycles. The van der Waals surface area contributed by atoms with Crippen LogP contribution in [-0.4, -0.2) is 59.0 Å². The van der Waals surface area contributed by atoms with Crippen molar-refractivity contribution in [2.75, 3.05) is 32.8 Å². The van der Waals surface area contributed by atoms with Crippen LogP contribution in [0.25, 0.3) is 10.9 Å². The highest BCUT2D eigenvalue weighted by molar-refractivity contribution is 6.48. The number of nitrogens with zero attached hydrogens (tertiary/aromatic N) is 1. The van der Waals surface area contributed by atoms with E-state index in [2.05, 4.69) is 9.88 Å². The standard InChI is InChI=1S/C22H28Cl2N2O4/c1-22(23,24)15-30-20(27)7-4-10-26-11-8-16(9-12-26)14-29-21(28)18-13-25-19-6-3-2-5-17(18)19/h2-3,5-6,13,16,25H,4,7-12,14-15H2,1H3. The van der Waals surface area contributed by atoms with E-state index in [1.54, 1.807) is 13.1 Å². The van der Waals surface area contributed by atoms with Crippen molar-refractivity contribution in [1.29, 1.82) is 0 Å². The maximum atomic E-state index is 12.4. The van der Waals surface area contributed by atoms with Crippen LogP contribution in [0.3, 0.4) is 0 Å². The van der Waals surface area contributed by atoms with E-state index in [0.717, 1.165) is 49.8 Å². The summed E-state index contributed by atoms with van der Waals surface area (Å²) in [4.78, 5) is 29.6. The Morgan fingerprint density at radius 1 is 1.20 bits per heavy atom. The van der Waals surface area contributed by atoms with Gasteiger partial charge in [0.25, 0.3) is 0 Å². The number of piperidine rings is 1. The van der Waals surface area contributed by atoms with Gasteiger partial charge >= 0.3 is 11.9 Å². The molecule has 1 saturated heterocycles. The van der Waals surface area contributed by atoms with Crippen molar-refractivity contribution in [1.82, 2.24) is 9.88 Å². The lowest BCUT2D eigenvalue weighted by Crippen LogP contribution is -2.36. The number of para-hydroxylation sites is 1. The minimum absolute atomic E-state index is 0.00237. The Morgan fingerprint density at radius 3 is 2.67 bits per heavy atom. The molecule has 8 heteroatoms. The monoisotopic (exact) mass is 454 g/mol. The molecule has 0 unspecified atom stereocenters. The Labute approximate surface area is 186 Å². The first-order valence-corrected chi connectivity index (χ1v) is 11.1. The van der Waals surface area contributed by atoms with Gasteiger partial charge in [0.2, 0.25) is 0 Å². The first-order chi connectivity index (χ1) is 14.3. The van der Waals surface area contributed by atoms with Crippen molar-refractivity contribution in [2.45, 2.75) is 36.9 Å². The van der Waals surface area contributed by atoms with Crippen LogP contribution >= 0.6 is 23.2 Å². The summed E-state index contributed by atoms with van der Waals surface area (Å²) in [6, 6.07) is 7.70. The van der Waals surface area contributed by atoms with Gasteiger partial charge in [0.05, 0.1) is 12.2 Å². The first kappa shape index (κ1) is 22.9. The number of rotatable bonds is 9. The van der Waals surface area contributed by atoms with Gasteiger partial charge in [-0.1, -0.05) is 41.4 Å². The molecule has 0 amide bonds. The van der Waals surface area contributed by atoms with Crippen molar-refractivity contribution in [3.63, 3.8) is 0 Å². The highest BCUT2D eigenvalue weighted by atomic mass is 35.5. The molecule has 1 N–H and O–H groups in total. The Balaban J connectivity index is 1.32. The molecule has 1 aliphatic rings. The van der Waals surface area contributed by atoms with Gasteiger partial charge in [-0.2, -0.15) is 0 Å². The summed E-state index contributed by atoms with van der Waals surface area (Å²) in [5.41, 5.74) is 1.51. The van der Waals surface area contributed by atoms with Gasteiger partial charge in [-0.15, -0.1) is 0 Å². The number of aromatic nitrogens is 1. The molecule has 0 radical (unpaired) electrons. The number of alkyl halides is 2. The summed E-state index contributed by atoms with van der Waals surface area (Å²) >= 11 is 11.6. The van der Waals surface area contributed by atoms with Crippen molar-refractivity contribution in [3.05, 3.63) is 36.0 Å². The molecular weight excluding hydrogens is 427 g/mol. The van der Waals surface area contributed by atoms with E-state index in [9.17, 15) is 9.59 Å².